The van der Waals surface area contributed by atoms with E-state index in [1.54, 1.807) is 0 Å². The Kier molecular flexibility index (Phi) is 5.52. The molecular weight excluding hydrogens is 448 g/mol. The Hall–Kier alpha value is -3.27. The molecule has 2 aromatic carbocycles. The van der Waals surface area contributed by atoms with Gasteiger partial charge in [-0.25, -0.2) is 4.98 Å². The van der Waals surface area contributed by atoms with Crippen LogP contribution >= 0.6 is 11.3 Å². The molecule has 1 fully saturated rings. The van der Waals surface area contributed by atoms with Crippen LogP contribution in [0.3, 0.4) is 0 Å². The largest absolute Gasteiger partial charge is 0.390 e. The van der Waals surface area contributed by atoms with Gasteiger partial charge in [-0.2, -0.15) is 4.98 Å². The van der Waals surface area contributed by atoms with Crippen LogP contribution in [0.2, 0.25) is 0 Å². The topological polar surface area (TPSA) is 115 Å². The Balaban J connectivity index is 1.40. The summed E-state index contributed by atoms with van der Waals surface area (Å²) < 4.78 is 1.02. The fraction of sp³-hybridized carbons (Fsp3) is 0.320. The Morgan fingerprint density at radius 2 is 1.91 bits per heavy atom. The second-order valence-corrected chi connectivity index (χ2v) is 9.94. The van der Waals surface area contributed by atoms with Gasteiger partial charge in [-0.3, -0.25) is 9.78 Å². The van der Waals surface area contributed by atoms with Gasteiger partial charge in [0.05, 0.1) is 22.4 Å². The number of benzene rings is 2. The molecule has 3 unspecified atom stereocenters. The monoisotopic (exact) mass is 474 g/mol. The summed E-state index contributed by atoms with van der Waals surface area (Å²) in [6, 6.07) is 15.7. The highest BCUT2D eigenvalue weighted by Gasteiger charge is 2.31. The van der Waals surface area contributed by atoms with Crippen molar-refractivity contribution in [3.8, 4) is 10.6 Å². The number of hydrogen-bond acceptors (Lipinski definition) is 8. The van der Waals surface area contributed by atoms with E-state index in [0.29, 0.717) is 28.8 Å². The van der Waals surface area contributed by atoms with Crippen molar-refractivity contribution in [2.45, 2.75) is 37.5 Å². The van der Waals surface area contributed by atoms with Crippen LogP contribution in [0.5, 0.6) is 0 Å². The second-order valence-electron chi connectivity index (χ2n) is 8.90. The summed E-state index contributed by atoms with van der Waals surface area (Å²) in [4.78, 5) is 25.8. The smallest absolute Gasteiger partial charge is 0.264 e. The van der Waals surface area contributed by atoms with Crippen LogP contribution in [0.25, 0.3) is 20.8 Å². The highest BCUT2D eigenvalue weighted by Crippen LogP contribution is 2.35. The van der Waals surface area contributed by atoms with Crippen LogP contribution in [0.1, 0.15) is 30.0 Å². The number of aromatic nitrogens is 3. The first-order chi connectivity index (χ1) is 16.7. The van der Waals surface area contributed by atoms with Gasteiger partial charge in [-0.05, 0) is 42.6 Å². The quantitative estimate of drug-likeness (QED) is 0.302. The summed E-state index contributed by atoms with van der Waals surface area (Å²) in [5.41, 5.74) is 3.18. The standard InChI is InChI=1S/C25H26N6O2S/c32-18-12-14-6-1-2-8-16(14)21(18)29-25-30-22(27-15-7-5-11-26-13-15)20(23(33)31-25)24-28-17-9-3-4-10-19(17)34-24/h1-4,6,8-10,15,18,21,26,32H,5,7,11-13H2,(H3,27,29,30,31,33). The van der Waals surface area contributed by atoms with Crippen molar-refractivity contribution in [3.63, 3.8) is 0 Å². The minimum absolute atomic E-state index is 0.168. The van der Waals surface area contributed by atoms with E-state index in [-0.39, 0.29) is 17.6 Å². The molecule has 174 valence electrons. The number of aromatic amines is 1. The van der Waals surface area contributed by atoms with E-state index >= 15 is 0 Å². The molecule has 0 saturated carbocycles. The number of fused-ring (bicyclic) bond motifs is 2. The van der Waals surface area contributed by atoms with Crippen molar-refractivity contribution in [1.82, 2.24) is 20.3 Å². The van der Waals surface area contributed by atoms with Crippen LogP contribution in [0.4, 0.5) is 11.8 Å². The predicted molar refractivity (Wildman–Crippen MR) is 136 cm³/mol. The minimum atomic E-state index is -0.592. The molecular formula is C25H26N6O2S. The molecule has 1 aliphatic carbocycles. The second kappa shape index (κ2) is 8.83. The first kappa shape index (κ1) is 21.3. The van der Waals surface area contributed by atoms with Crippen LogP contribution < -0.4 is 21.5 Å². The molecule has 1 aliphatic heterocycles. The van der Waals surface area contributed by atoms with Gasteiger partial charge in [0.25, 0.3) is 5.56 Å². The summed E-state index contributed by atoms with van der Waals surface area (Å²) in [6.45, 7) is 1.81. The molecule has 34 heavy (non-hydrogen) atoms. The molecule has 2 aromatic heterocycles. The summed E-state index contributed by atoms with van der Waals surface area (Å²) in [6.07, 6.45) is 2.04. The van der Waals surface area contributed by atoms with Gasteiger partial charge in [0, 0.05) is 19.0 Å². The van der Waals surface area contributed by atoms with E-state index in [1.165, 1.54) is 11.3 Å². The first-order valence-corrected chi connectivity index (χ1v) is 12.5. The van der Waals surface area contributed by atoms with E-state index in [1.807, 2.05) is 48.5 Å². The van der Waals surface area contributed by atoms with Gasteiger partial charge in [-0.15, -0.1) is 11.3 Å². The molecule has 0 bridgehead atoms. The third-order valence-corrected chi connectivity index (χ3v) is 7.61. The third kappa shape index (κ3) is 3.96. The minimum Gasteiger partial charge on any atom is -0.390 e. The lowest BCUT2D eigenvalue weighted by molar-refractivity contribution is 0.165. The zero-order chi connectivity index (χ0) is 23.1. The zero-order valence-electron chi connectivity index (χ0n) is 18.5. The lowest BCUT2D eigenvalue weighted by Gasteiger charge is -2.25. The number of nitrogens with zero attached hydrogens (tertiary/aromatic N) is 2. The summed E-state index contributed by atoms with van der Waals surface area (Å²) in [7, 11) is 0. The summed E-state index contributed by atoms with van der Waals surface area (Å²) >= 11 is 1.48. The number of para-hydroxylation sites is 1. The van der Waals surface area contributed by atoms with Gasteiger partial charge in [0.15, 0.2) is 0 Å². The van der Waals surface area contributed by atoms with Gasteiger partial charge in [-0.1, -0.05) is 36.4 Å². The van der Waals surface area contributed by atoms with E-state index in [4.69, 9.17) is 9.97 Å². The predicted octanol–water partition coefficient (Wildman–Crippen LogP) is 3.28. The van der Waals surface area contributed by atoms with Crippen LogP contribution in [-0.2, 0) is 6.42 Å². The number of nitrogens with one attached hydrogen (secondary N) is 4. The third-order valence-electron chi connectivity index (χ3n) is 6.56. The number of aliphatic hydroxyl groups excluding tert-OH is 1. The molecule has 0 radical (unpaired) electrons. The fourth-order valence-electron chi connectivity index (χ4n) is 4.89. The molecule has 9 heteroatoms. The summed E-state index contributed by atoms with van der Waals surface area (Å²) in [5, 5.41) is 21.5. The van der Waals surface area contributed by atoms with Crippen molar-refractivity contribution in [1.29, 1.82) is 0 Å². The van der Waals surface area contributed by atoms with Crippen molar-refractivity contribution in [3.05, 3.63) is 70.0 Å². The number of aliphatic hydroxyl groups is 1. The molecule has 0 amide bonds. The van der Waals surface area contributed by atoms with Gasteiger partial charge < -0.3 is 21.1 Å². The van der Waals surface area contributed by atoms with E-state index < -0.39 is 6.10 Å². The van der Waals surface area contributed by atoms with Crippen molar-refractivity contribution in [2.24, 2.45) is 0 Å². The Morgan fingerprint density at radius 1 is 1.06 bits per heavy atom. The lowest BCUT2D eigenvalue weighted by atomic mass is 10.1. The van der Waals surface area contributed by atoms with Gasteiger partial charge in [0.2, 0.25) is 5.95 Å². The first-order valence-electron chi connectivity index (χ1n) is 11.7. The number of rotatable bonds is 5. The number of hydrogen-bond donors (Lipinski definition) is 5. The maximum Gasteiger partial charge on any atom is 0.264 e. The maximum absolute atomic E-state index is 13.4. The maximum atomic E-state index is 13.4. The Morgan fingerprint density at radius 3 is 2.76 bits per heavy atom. The van der Waals surface area contributed by atoms with Crippen LogP contribution in [0, 0.1) is 0 Å². The SMILES string of the molecule is O=c1[nH]c(NC2c3ccccc3CC2O)nc(NC2CCCNC2)c1-c1nc2ccccc2s1. The van der Waals surface area contributed by atoms with Gasteiger partial charge in [0.1, 0.15) is 16.4 Å². The Labute approximate surface area is 200 Å². The van der Waals surface area contributed by atoms with Crippen LogP contribution in [-0.4, -0.2) is 45.3 Å². The fourth-order valence-corrected chi connectivity index (χ4v) is 5.90. The highest BCUT2D eigenvalue weighted by molar-refractivity contribution is 7.21. The molecule has 2 aliphatic rings. The zero-order valence-corrected chi connectivity index (χ0v) is 19.4. The number of piperidine rings is 1. The summed E-state index contributed by atoms with van der Waals surface area (Å²) in [5.74, 6) is 0.849. The average molecular weight is 475 g/mol. The average Bonchev–Trinajstić information content (AvgIpc) is 3.40. The van der Waals surface area contributed by atoms with E-state index in [2.05, 4.69) is 20.9 Å². The molecule has 0 spiro atoms. The molecule has 3 heterocycles. The van der Waals surface area contributed by atoms with Crippen molar-refractivity contribution < 1.29 is 5.11 Å². The van der Waals surface area contributed by atoms with Crippen LogP contribution in [0.15, 0.2) is 53.3 Å². The number of anilines is 2. The van der Waals surface area contributed by atoms with Crippen molar-refractivity contribution in [2.75, 3.05) is 23.7 Å². The molecule has 5 N–H and O–H groups in total. The Bertz CT molecular complexity index is 1360. The van der Waals surface area contributed by atoms with Gasteiger partial charge >= 0.3 is 0 Å². The van der Waals surface area contributed by atoms with Crippen molar-refractivity contribution >= 4 is 33.3 Å². The molecule has 4 aromatic rings. The molecule has 6 rings (SSSR count). The lowest BCUT2D eigenvalue weighted by Crippen LogP contribution is -2.39. The number of H-pyrrole nitrogens is 1. The molecule has 8 nitrogen and oxygen atoms in total. The highest BCUT2D eigenvalue weighted by atomic mass is 32.1. The van der Waals surface area contributed by atoms with E-state index in [0.717, 1.165) is 47.3 Å². The number of thiazole rings is 1. The molecule has 1 saturated heterocycles. The normalized spacial score (nSPS) is 22.0. The molecule has 3 atom stereocenters. The van der Waals surface area contributed by atoms with E-state index in [9.17, 15) is 9.90 Å².